The molecule has 150 valence electrons. The third-order valence-electron chi connectivity index (χ3n) is 4.76. The van der Waals surface area contributed by atoms with E-state index in [0.29, 0.717) is 0 Å². The topological polar surface area (TPSA) is 84.7 Å². The highest BCUT2D eigenvalue weighted by atomic mass is 19.4. The molecule has 1 aliphatic heterocycles. The fourth-order valence-electron chi connectivity index (χ4n) is 3.24. The number of methoxy groups -OCH3 is 1. The summed E-state index contributed by atoms with van der Waals surface area (Å²) < 4.78 is 44.8. The fraction of sp³-hybridized carbons (Fsp3) is 0.389. The lowest BCUT2D eigenvalue weighted by Crippen LogP contribution is -2.40. The molecule has 10 heteroatoms. The summed E-state index contributed by atoms with van der Waals surface area (Å²) in [7, 11) is 1.39. The Morgan fingerprint density at radius 2 is 2.07 bits per heavy atom. The Balaban J connectivity index is 1.79. The van der Waals surface area contributed by atoms with Crippen molar-refractivity contribution in [3.05, 3.63) is 47.8 Å². The van der Waals surface area contributed by atoms with Crippen LogP contribution in [0.2, 0.25) is 0 Å². The second-order valence-corrected chi connectivity index (χ2v) is 6.69. The molecule has 3 rings (SSSR count). The molecule has 1 saturated heterocycles. The number of aromatic nitrogens is 2. The third-order valence-corrected chi connectivity index (χ3v) is 4.76. The Morgan fingerprint density at radius 1 is 1.32 bits per heavy atom. The summed E-state index contributed by atoms with van der Waals surface area (Å²) in [5.74, 6) is -1.52. The highest BCUT2D eigenvalue weighted by molar-refractivity contribution is 5.93. The predicted molar refractivity (Wildman–Crippen MR) is 91.0 cm³/mol. The molecule has 1 amide bonds. The number of hydrogen-bond acceptors (Lipinski definition) is 4. The number of benzene rings is 1. The standard InChI is InChI=1S/C18H18F3N3O4/c1-28-11-17(16(26)27)6-8-23(10-17)15(25)14-5-7-24(22-14)13-4-2-3-12(9-13)18(19,20)21/h2-5,7,9H,6,8,10-11H2,1H3,(H,26,27). The molecule has 1 fully saturated rings. The first kappa shape index (κ1) is 19.9. The van der Waals surface area contributed by atoms with Gasteiger partial charge in [-0.15, -0.1) is 0 Å². The van der Waals surface area contributed by atoms with Crippen molar-refractivity contribution in [1.29, 1.82) is 0 Å². The van der Waals surface area contributed by atoms with Crippen molar-refractivity contribution in [3.8, 4) is 5.69 Å². The summed E-state index contributed by atoms with van der Waals surface area (Å²) in [6.07, 6.45) is -2.85. The van der Waals surface area contributed by atoms with E-state index in [2.05, 4.69) is 5.10 Å². The lowest BCUT2D eigenvalue weighted by molar-refractivity contribution is -0.151. The number of aliphatic carboxylic acids is 1. The van der Waals surface area contributed by atoms with Crippen molar-refractivity contribution in [2.45, 2.75) is 12.6 Å². The van der Waals surface area contributed by atoms with E-state index in [1.54, 1.807) is 0 Å². The minimum atomic E-state index is -4.49. The van der Waals surface area contributed by atoms with E-state index in [4.69, 9.17) is 4.74 Å². The van der Waals surface area contributed by atoms with Crippen LogP contribution >= 0.6 is 0 Å². The van der Waals surface area contributed by atoms with E-state index in [1.165, 1.54) is 41.1 Å². The van der Waals surface area contributed by atoms with Crippen LogP contribution in [0.1, 0.15) is 22.5 Å². The minimum absolute atomic E-state index is 0.0224. The lowest BCUT2D eigenvalue weighted by Gasteiger charge is -2.23. The molecule has 1 atom stereocenters. The highest BCUT2D eigenvalue weighted by Crippen LogP contribution is 2.32. The number of alkyl halides is 3. The number of amides is 1. The number of rotatable bonds is 5. The molecule has 0 saturated carbocycles. The Kier molecular flexibility index (Phi) is 5.16. The average Bonchev–Trinajstić information content (AvgIpc) is 3.29. The normalized spacial score (nSPS) is 19.8. The minimum Gasteiger partial charge on any atom is -0.481 e. The number of ether oxygens (including phenoxy) is 1. The van der Waals surface area contributed by atoms with Crippen LogP contribution in [0.5, 0.6) is 0 Å². The van der Waals surface area contributed by atoms with Crippen LogP contribution in [-0.4, -0.2) is 58.5 Å². The van der Waals surface area contributed by atoms with Gasteiger partial charge in [-0.05, 0) is 30.7 Å². The first-order chi connectivity index (χ1) is 13.2. The van der Waals surface area contributed by atoms with Crippen molar-refractivity contribution in [2.24, 2.45) is 5.41 Å². The van der Waals surface area contributed by atoms with E-state index >= 15 is 0 Å². The van der Waals surface area contributed by atoms with Gasteiger partial charge in [0.1, 0.15) is 5.41 Å². The van der Waals surface area contributed by atoms with Gasteiger partial charge >= 0.3 is 12.1 Å². The zero-order valence-corrected chi connectivity index (χ0v) is 14.9. The Bertz CT molecular complexity index is 896. The van der Waals surface area contributed by atoms with Crippen LogP contribution in [0.25, 0.3) is 5.69 Å². The molecule has 1 aromatic carbocycles. The zero-order chi connectivity index (χ0) is 20.5. The fourth-order valence-corrected chi connectivity index (χ4v) is 3.24. The summed E-state index contributed by atoms with van der Waals surface area (Å²) in [4.78, 5) is 25.6. The Morgan fingerprint density at radius 3 is 2.71 bits per heavy atom. The molecule has 1 N–H and O–H groups in total. The second kappa shape index (κ2) is 7.27. The number of carboxylic acid groups (broad SMARTS) is 1. The van der Waals surface area contributed by atoms with E-state index < -0.39 is 29.0 Å². The van der Waals surface area contributed by atoms with Crippen LogP contribution in [-0.2, 0) is 15.7 Å². The summed E-state index contributed by atoms with van der Waals surface area (Å²) in [5, 5.41) is 13.5. The van der Waals surface area contributed by atoms with Crippen molar-refractivity contribution in [3.63, 3.8) is 0 Å². The van der Waals surface area contributed by atoms with Gasteiger partial charge in [-0.1, -0.05) is 6.07 Å². The van der Waals surface area contributed by atoms with Crippen LogP contribution < -0.4 is 0 Å². The monoisotopic (exact) mass is 397 g/mol. The number of carbonyl (C=O) groups is 2. The molecule has 1 unspecified atom stereocenters. The van der Waals surface area contributed by atoms with Crippen molar-refractivity contribution in [2.75, 3.05) is 26.8 Å². The number of hydrogen-bond donors (Lipinski definition) is 1. The summed E-state index contributed by atoms with van der Waals surface area (Å²) in [5.41, 5.74) is -1.81. The number of carbonyl (C=O) groups excluding carboxylic acids is 1. The van der Waals surface area contributed by atoms with Gasteiger partial charge in [0.2, 0.25) is 0 Å². The van der Waals surface area contributed by atoms with Gasteiger partial charge in [0, 0.05) is 26.4 Å². The van der Waals surface area contributed by atoms with Gasteiger partial charge in [0.25, 0.3) is 5.91 Å². The zero-order valence-electron chi connectivity index (χ0n) is 14.9. The van der Waals surface area contributed by atoms with E-state index in [9.17, 15) is 27.9 Å². The van der Waals surface area contributed by atoms with Crippen LogP contribution in [0.15, 0.2) is 36.5 Å². The van der Waals surface area contributed by atoms with Crippen molar-refractivity contribution in [1.82, 2.24) is 14.7 Å². The maximum Gasteiger partial charge on any atom is 0.416 e. The highest BCUT2D eigenvalue weighted by Gasteiger charge is 2.46. The Labute approximate surface area is 158 Å². The lowest BCUT2D eigenvalue weighted by atomic mass is 9.88. The molecular formula is C18H18F3N3O4. The quantitative estimate of drug-likeness (QED) is 0.838. The molecule has 0 bridgehead atoms. The molecule has 0 aliphatic carbocycles. The molecule has 1 aromatic heterocycles. The van der Waals surface area contributed by atoms with Gasteiger partial charge in [0.05, 0.1) is 17.9 Å². The third kappa shape index (κ3) is 3.72. The maximum absolute atomic E-state index is 12.9. The summed E-state index contributed by atoms with van der Waals surface area (Å²) in [6.45, 7) is 0.182. The molecule has 0 spiro atoms. The number of nitrogens with zero attached hydrogens (tertiary/aromatic N) is 3. The Hall–Kier alpha value is -2.88. The summed E-state index contributed by atoms with van der Waals surface area (Å²) >= 11 is 0. The molecular weight excluding hydrogens is 379 g/mol. The molecule has 0 radical (unpaired) electrons. The number of carboxylic acids is 1. The van der Waals surface area contributed by atoms with Crippen LogP contribution in [0.4, 0.5) is 13.2 Å². The van der Waals surface area contributed by atoms with Gasteiger partial charge in [0.15, 0.2) is 5.69 Å². The second-order valence-electron chi connectivity index (χ2n) is 6.69. The van der Waals surface area contributed by atoms with Gasteiger partial charge < -0.3 is 14.7 Å². The van der Waals surface area contributed by atoms with Crippen molar-refractivity contribution < 1.29 is 32.6 Å². The van der Waals surface area contributed by atoms with Gasteiger partial charge in [-0.25, -0.2) is 4.68 Å². The molecule has 1 aliphatic rings. The average molecular weight is 397 g/mol. The first-order valence-corrected chi connectivity index (χ1v) is 8.41. The van der Waals surface area contributed by atoms with Gasteiger partial charge in [-0.2, -0.15) is 18.3 Å². The SMILES string of the molecule is COCC1(C(=O)O)CCN(C(=O)c2ccn(-c3cccc(C(F)(F)F)c3)n2)C1. The number of halogens is 3. The number of likely N-dealkylation sites (tertiary alicyclic amines) is 1. The van der Waals surface area contributed by atoms with E-state index in [-0.39, 0.29) is 37.5 Å². The first-order valence-electron chi connectivity index (χ1n) is 8.41. The molecule has 7 nitrogen and oxygen atoms in total. The molecule has 2 heterocycles. The maximum atomic E-state index is 12.9. The van der Waals surface area contributed by atoms with Crippen molar-refractivity contribution >= 4 is 11.9 Å². The predicted octanol–water partition coefficient (Wildman–Crippen LogP) is 2.45. The molecule has 28 heavy (non-hydrogen) atoms. The smallest absolute Gasteiger partial charge is 0.416 e. The summed E-state index contributed by atoms with van der Waals surface area (Å²) in [6, 6.07) is 5.98. The van der Waals surface area contributed by atoms with E-state index in [1.807, 2.05) is 0 Å². The van der Waals surface area contributed by atoms with Crippen LogP contribution in [0.3, 0.4) is 0 Å². The van der Waals surface area contributed by atoms with E-state index in [0.717, 1.165) is 12.1 Å². The largest absolute Gasteiger partial charge is 0.481 e. The van der Waals surface area contributed by atoms with Crippen LogP contribution in [0, 0.1) is 5.41 Å². The van der Waals surface area contributed by atoms with Gasteiger partial charge in [-0.3, -0.25) is 9.59 Å². The molecule has 2 aromatic rings.